The normalized spacial score (nSPS) is 20.6. The fraction of sp³-hybridized carbons (Fsp3) is 0.462. The van der Waals surface area contributed by atoms with Gasteiger partial charge >= 0.3 is 0 Å². The van der Waals surface area contributed by atoms with E-state index < -0.39 is 9.84 Å². The Morgan fingerprint density at radius 1 is 1.45 bits per heavy atom. The Labute approximate surface area is 126 Å². The van der Waals surface area contributed by atoms with Crippen molar-refractivity contribution in [3.8, 4) is 5.75 Å². The average Bonchev–Trinajstić information content (AvgIpc) is 2.68. The summed E-state index contributed by atoms with van der Waals surface area (Å²) in [6.45, 7) is 0.266. The summed E-state index contributed by atoms with van der Waals surface area (Å²) in [6, 6.07) is 7.12. The number of carbonyl (C=O) groups is 1. The Morgan fingerprint density at radius 2 is 2.25 bits per heavy atom. The summed E-state index contributed by atoms with van der Waals surface area (Å²) in [7, 11) is -2.96. The maximum Gasteiger partial charge on any atom is 0.223 e. The van der Waals surface area contributed by atoms with E-state index in [1.807, 2.05) is 24.3 Å². The number of hydrogen-bond donors (Lipinski definition) is 1. The molecule has 1 aromatic carbocycles. The molecule has 5 nitrogen and oxygen atoms in total. The van der Waals surface area contributed by atoms with Gasteiger partial charge in [-0.05, 0) is 24.6 Å². The van der Waals surface area contributed by atoms with Gasteiger partial charge in [0.15, 0.2) is 9.84 Å². The topological polar surface area (TPSA) is 72.5 Å². The Hall–Kier alpha value is -1.08. The van der Waals surface area contributed by atoms with E-state index in [0.717, 1.165) is 4.47 Å². The zero-order valence-electron chi connectivity index (χ0n) is 10.8. The molecule has 1 aromatic rings. The van der Waals surface area contributed by atoms with Crippen LogP contribution in [0.15, 0.2) is 28.7 Å². The SMILES string of the molecule is O=C(CCOc1cccc(Br)c1)N[C@H]1CCS(=O)(=O)C1. The second-order valence-corrected chi connectivity index (χ2v) is 7.87. The summed E-state index contributed by atoms with van der Waals surface area (Å²) in [5, 5.41) is 2.72. The number of hydrogen-bond acceptors (Lipinski definition) is 4. The largest absolute Gasteiger partial charge is 0.493 e. The van der Waals surface area contributed by atoms with Crippen LogP contribution in [0.1, 0.15) is 12.8 Å². The fourth-order valence-electron chi connectivity index (χ4n) is 2.03. The van der Waals surface area contributed by atoms with Gasteiger partial charge in [0.1, 0.15) is 5.75 Å². The number of benzene rings is 1. The molecule has 1 amide bonds. The van der Waals surface area contributed by atoms with Crippen LogP contribution in [-0.4, -0.2) is 38.5 Å². The number of nitrogens with one attached hydrogen (secondary N) is 1. The van der Waals surface area contributed by atoms with Crippen LogP contribution in [0.25, 0.3) is 0 Å². The Bertz CT molecular complexity index is 588. The van der Waals surface area contributed by atoms with E-state index in [1.54, 1.807) is 0 Å². The van der Waals surface area contributed by atoms with Gasteiger partial charge in [-0.15, -0.1) is 0 Å². The molecule has 1 heterocycles. The van der Waals surface area contributed by atoms with Gasteiger partial charge in [-0.1, -0.05) is 22.0 Å². The van der Waals surface area contributed by atoms with Gasteiger partial charge in [-0.25, -0.2) is 8.42 Å². The molecule has 0 saturated carbocycles. The highest BCUT2D eigenvalue weighted by Crippen LogP contribution is 2.17. The maximum absolute atomic E-state index is 11.7. The lowest BCUT2D eigenvalue weighted by molar-refractivity contribution is -0.122. The summed E-state index contributed by atoms with van der Waals surface area (Å²) < 4.78 is 28.9. The minimum Gasteiger partial charge on any atom is -0.493 e. The predicted octanol–water partition coefficient (Wildman–Crippen LogP) is 1.52. The first-order chi connectivity index (χ1) is 9.44. The van der Waals surface area contributed by atoms with E-state index in [1.165, 1.54) is 0 Å². The van der Waals surface area contributed by atoms with Crippen molar-refractivity contribution in [2.45, 2.75) is 18.9 Å². The zero-order chi connectivity index (χ0) is 14.6. The van der Waals surface area contributed by atoms with Crippen LogP contribution in [-0.2, 0) is 14.6 Å². The van der Waals surface area contributed by atoms with Crippen molar-refractivity contribution in [1.82, 2.24) is 5.32 Å². The zero-order valence-corrected chi connectivity index (χ0v) is 13.2. The van der Waals surface area contributed by atoms with Crippen LogP contribution in [0.3, 0.4) is 0 Å². The van der Waals surface area contributed by atoms with E-state index in [0.29, 0.717) is 12.2 Å². The molecule has 1 fully saturated rings. The Kier molecular flexibility index (Phi) is 5.04. The molecule has 1 atom stereocenters. The fourth-order valence-corrected chi connectivity index (χ4v) is 4.08. The number of ether oxygens (including phenoxy) is 1. The second kappa shape index (κ2) is 6.58. The van der Waals surface area contributed by atoms with E-state index >= 15 is 0 Å². The highest BCUT2D eigenvalue weighted by Gasteiger charge is 2.28. The Morgan fingerprint density at radius 3 is 2.90 bits per heavy atom. The quantitative estimate of drug-likeness (QED) is 0.862. The van der Waals surface area contributed by atoms with Crippen LogP contribution < -0.4 is 10.1 Å². The number of amides is 1. The number of halogens is 1. The maximum atomic E-state index is 11.7. The lowest BCUT2D eigenvalue weighted by Gasteiger charge is -2.11. The van der Waals surface area contributed by atoms with Gasteiger partial charge in [0.25, 0.3) is 0 Å². The lowest BCUT2D eigenvalue weighted by Crippen LogP contribution is -2.36. The van der Waals surface area contributed by atoms with Crippen LogP contribution in [0, 0.1) is 0 Å². The van der Waals surface area contributed by atoms with Gasteiger partial charge in [-0.2, -0.15) is 0 Å². The first-order valence-electron chi connectivity index (χ1n) is 6.33. The van der Waals surface area contributed by atoms with Gasteiger partial charge < -0.3 is 10.1 Å². The summed E-state index contributed by atoms with van der Waals surface area (Å²) in [6.07, 6.45) is 0.712. The summed E-state index contributed by atoms with van der Waals surface area (Å²) >= 11 is 3.34. The summed E-state index contributed by atoms with van der Waals surface area (Å²) in [5.74, 6) is 0.718. The summed E-state index contributed by atoms with van der Waals surface area (Å²) in [4.78, 5) is 11.7. The van der Waals surface area contributed by atoms with Crippen molar-refractivity contribution in [2.75, 3.05) is 18.1 Å². The molecule has 1 aliphatic rings. The van der Waals surface area contributed by atoms with Crippen LogP contribution in [0.4, 0.5) is 0 Å². The Balaban J connectivity index is 1.71. The van der Waals surface area contributed by atoms with E-state index in [-0.39, 0.29) is 36.5 Å². The van der Waals surface area contributed by atoms with Crippen LogP contribution >= 0.6 is 15.9 Å². The van der Waals surface area contributed by atoms with Gasteiger partial charge in [0.2, 0.25) is 5.91 Å². The third-order valence-electron chi connectivity index (χ3n) is 2.99. The van der Waals surface area contributed by atoms with Gasteiger partial charge in [-0.3, -0.25) is 4.79 Å². The minimum atomic E-state index is -2.96. The molecule has 1 aliphatic heterocycles. The van der Waals surface area contributed by atoms with E-state index in [4.69, 9.17) is 4.74 Å². The predicted molar refractivity (Wildman–Crippen MR) is 79.5 cm³/mol. The third-order valence-corrected chi connectivity index (χ3v) is 5.25. The highest BCUT2D eigenvalue weighted by atomic mass is 79.9. The van der Waals surface area contributed by atoms with Crippen molar-refractivity contribution in [3.05, 3.63) is 28.7 Å². The summed E-state index contributed by atoms with van der Waals surface area (Å²) in [5.41, 5.74) is 0. The lowest BCUT2D eigenvalue weighted by atomic mass is 10.2. The molecule has 110 valence electrons. The molecule has 0 spiro atoms. The van der Waals surface area contributed by atoms with Gasteiger partial charge in [0, 0.05) is 10.5 Å². The number of carbonyl (C=O) groups excluding carboxylic acids is 1. The molecule has 0 unspecified atom stereocenters. The molecular formula is C13H16BrNO4S. The van der Waals surface area contributed by atoms with Crippen molar-refractivity contribution in [2.24, 2.45) is 0 Å². The monoisotopic (exact) mass is 361 g/mol. The molecule has 7 heteroatoms. The standard InChI is InChI=1S/C13H16BrNO4S/c14-10-2-1-3-12(8-10)19-6-4-13(16)15-11-5-7-20(17,18)9-11/h1-3,8,11H,4-7,9H2,(H,15,16)/t11-/m0/s1. The molecule has 1 saturated heterocycles. The molecule has 0 radical (unpaired) electrons. The third kappa shape index (κ3) is 4.79. The van der Waals surface area contributed by atoms with E-state index in [9.17, 15) is 13.2 Å². The van der Waals surface area contributed by atoms with Crippen LogP contribution in [0.5, 0.6) is 5.75 Å². The van der Waals surface area contributed by atoms with Crippen molar-refractivity contribution in [1.29, 1.82) is 0 Å². The molecule has 2 rings (SSSR count). The first-order valence-corrected chi connectivity index (χ1v) is 8.94. The molecular weight excluding hydrogens is 346 g/mol. The van der Waals surface area contributed by atoms with Crippen molar-refractivity contribution >= 4 is 31.7 Å². The highest BCUT2D eigenvalue weighted by molar-refractivity contribution is 9.10. The molecule has 1 N–H and O–H groups in total. The molecule has 0 aliphatic carbocycles. The molecule has 20 heavy (non-hydrogen) atoms. The van der Waals surface area contributed by atoms with Crippen LogP contribution in [0.2, 0.25) is 0 Å². The van der Waals surface area contributed by atoms with Crippen molar-refractivity contribution in [3.63, 3.8) is 0 Å². The minimum absolute atomic E-state index is 0.0469. The average molecular weight is 362 g/mol. The number of sulfone groups is 1. The van der Waals surface area contributed by atoms with Crippen molar-refractivity contribution < 1.29 is 17.9 Å². The number of rotatable bonds is 5. The smallest absolute Gasteiger partial charge is 0.223 e. The van der Waals surface area contributed by atoms with Gasteiger partial charge in [0.05, 0.1) is 24.5 Å². The molecule has 0 bridgehead atoms. The molecule has 0 aromatic heterocycles. The second-order valence-electron chi connectivity index (χ2n) is 4.72. The first kappa shape index (κ1) is 15.3. The van der Waals surface area contributed by atoms with E-state index in [2.05, 4.69) is 21.2 Å².